The molecule has 1 aromatic rings. The van der Waals surface area contributed by atoms with Crippen molar-refractivity contribution in [3.63, 3.8) is 0 Å². The Kier molecular flexibility index (Phi) is 4.07. The zero-order chi connectivity index (χ0) is 15.5. The highest BCUT2D eigenvalue weighted by atomic mass is 16.4. The number of carbonyl (C=O) groups is 3. The predicted octanol–water partition coefficient (Wildman–Crippen LogP) is -0.582. The summed E-state index contributed by atoms with van der Waals surface area (Å²) in [5, 5.41) is 10.1. The molecule has 0 unspecified atom stereocenters. The largest absolute Gasteiger partial charge is 0.545 e. The van der Waals surface area contributed by atoms with Gasteiger partial charge in [-0.3, -0.25) is 20.4 Å². The quantitative estimate of drug-likeness (QED) is 0.571. The third-order valence-electron chi connectivity index (χ3n) is 3.67. The van der Waals surface area contributed by atoms with Gasteiger partial charge in [-0.05, 0) is 18.1 Å². The minimum atomic E-state index is -1.48. The first kappa shape index (κ1) is 14.8. The van der Waals surface area contributed by atoms with Crippen LogP contribution in [-0.4, -0.2) is 17.8 Å². The molecule has 2 amide bonds. The first-order valence-corrected chi connectivity index (χ1v) is 6.48. The van der Waals surface area contributed by atoms with Crippen LogP contribution in [0, 0.1) is 5.92 Å². The Morgan fingerprint density at radius 3 is 2.48 bits per heavy atom. The Balaban J connectivity index is 1.86. The van der Waals surface area contributed by atoms with E-state index in [9.17, 15) is 19.5 Å². The third kappa shape index (κ3) is 3.47. The van der Waals surface area contributed by atoms with Crippen molar-refractivity contribution in [1.82, 2.24) is 10.9 Å². The molecule has 0 bridgehead atoms. The molecule has 1 saturated carbocycles. The van der Waals surface area contributed by atoms with Crippen molar-refractivity contribution in [3.8, 4) is 0 Å². The van der Waals surface area contributed by atoms with Gasteiger partial charge < -0.3 is 9.90 Å². The Morgan fingerprint density at radius 2 is 1.86 bits per heavy atom. The summed E-state index contributed by atoms with van der Waals surface area (Å²) in [4.78, 5) is 33.3. The van der Waals surface area contributed by atoms with E-state index in [0.29, 0.717) is 12.5 Å². The molecule has 0 radical (unpaired) electrons. The highest BCUT2D eigenvalue weighted by Gasteiger charge is 2.55. The maximum Gasteiger partial charge on any atom is 0.262 e. The maximum absolute atomic E-state index is 12.0. The van der Waals surface area contributed by atoms with Gasteiger partial charge in [-0.15, -0.1) is 0 Å². The number of hydrazine groups is 1. The van der Waals surface area contributed by atoms with E-state index in [1.807, 2.05) is 37.3 Å². The maximum atomic E-state index is 12.0. The van der Waals surface area contributed by atoms with Crippen LogP contribution >= 0.6 is 0 Å². The van der Waals surface area contributed by atoms with Crippen LogP contribution in [0.3, 0.4) is 0 Å². The Labute approximate surface area is 121 Å². The average Bonchev–Trinajstić information content (AvgIpc) is 3.17. The van der Waals surface area contributed by atoms with Crippen LogP contribution < -0.4 is 16.0 Å². The molecule has 0 saturated heterocycles. The van der Waals surface area contributed by atoms with Gasteiger partial charge in [0.1, 0.15) is 0 Å². The van der Waals surface area contributed by atoms with Gasteiger partial charge in [0, 0.05) is 17.4 Å². The smallest absolute Gasteiger partial charge is 0.262 e. The minimum Gasteiger partial charge on any atom is -0.545 e. The van der Waals surface area contributed by atoms with Gasteiger partial charge in [-0.1, -0.05) is 37.3 Å². The van der Waals surface area contributed by atoms with Crippen molar-refractivity contribution < 1.29 is 19.5 Å². The number of amides is 2. The molecule has 21 heavy (non-hydrogen) atoms. The summed E-state index contributed by atoms with van der Waals surface area (Å²) in [6.45, 7) is 1.99. The van der Waals surface area contributed by atoms with Gasteiger partial charge in [-0.25, -0.2) is 0 Å². The van der Waals surface area contributed by atoms with E-state index in [-0.39, 0.29) is 17.2 Å². The van der Waals surface area contributed by atoms with E-state index < -0.39 is 11.9 Å². The number of nitrogens with one attached hydrogen (secondary N) is 2. The molecule has 6 heteroatoms. The molecule has 0 heterocycles. The van der Waals surface area contributed by atoms with Crippen LogP contribution in [-0.2, 0) is 19.8 Å². The standard InChI is InChI=1S/C15H16N2O4/c1-15(10-5-3-2-4-6-10)9-11(15)14(21)17-16-12(18)7-8-13(19)20/h2-8,11H,9H2,1H3,(H,16,18)(H,17,21)(H,19,20)/p-1/b8-7+/t11-,15+/m1/s1. The van der Waals surface area contributed by atoms with Gasteiger partial charge >= 0.3 is 0 Å². The first-order chi connectivity index (χ1) is 9.93. The topological polar surface area (TPSA) is 98.3 Å². The van der Waals surface area contributed by atoms with Gasteiger partial charge in [0.25, 0.3) is 5.91 Å². The van der Waals surface area contributed by atoms with Crippen molar-refractivity contribution in [2.45, 2.75) is 18.8 Å². The molecule has 1 fully saturated rings. The highest BCUT2D eigenvalue weighted by molar-refractivity contribution is 5.95. The van der Waals surface area contributed by atoms with Crippen molar-refractivity contribution in [2.24, 2.45) is 5.92 Å². The monoisotopic (exact) mass is 287 g/mol. The second kappa shape index (κ2) is 5.78. The van der Waals surface area contributed by atoms with Crippen molar-refractivity contribution in [3.05, 3.63) is 48.0 Å². The molecule has 6 nitrogen and oxygen atoms in total. The van der Waals surface area contributed by atoms with Crippen LogP contribution in [0.1, 0.15) is 18.9 Å². The average molecular weight is 287 g/mol. The normalized spacial score (nSPS) is 23.6. The highest BCUT2D eigenvalue weighted by Crippen LogP contribution is 2.53. The lowest BCUT2D eigenvalue weighted by atomic mass is 9.95. The summed E-state index contributed by atoms with van der Waals surface area (Å²) in [6.07, 6.45) is 2.07. The second-order valence-corrected chi connectivity index (χ2v) is 5.17. The van der Waals surface area contributed by atoms with Gasteiger partial charge in [0.15, 0.2) is 0 Å². The van der Waals surface area contributed by atoms with Gasteiger partial charge in [-0.2, -0.15) is 0 Å². The van der Waals surface area contributed by atoms with Crippen LogP contribution in [0.2, 0.25) is 0 Å². The molecule has 1 aliphatic rings. The first-order valence-electron chi connectivity index (χ1n) is 6.48. The number of hydrogen-bond acceptors (Lipinski definition) is 4. The predicted molar refractivity (Wildman–Crippen MR) is 72.3 cm³/mol. The summed E-state index contributed by atoms with van der Waals surface area (Å²) in [7, 11) is 0. The zero-order valence-corrected chi connectivity index (χ0v) is 11.5. The van der Waals surface area contributed by atoms with Crippen molar-refractivity contribution in [2.75, 3.05) is 0 Å². The molecule has 0 aromatic heterocycles. The summed E-state index contributed by atoms with van der Waals surface area (Å²) < 4.78 is 0. The number of carboxylic acids is 1. The van der Waals surface area contributed by atoms with Crippen LogP contribution in [0.15, 0.2) is 42.5 Å². The number of hydrogen-bond donors (Lipinski definition) is 2. The molecule has 1 aliphatic carbocycles. The number of benzene rings is 1. The van der Waals surface area contributed by atoms with Crippen molar-refractivity contribution in [1.29, 1.82) is 0 Å². The summed E-state index contributed by atoms with van der Waals surface area (Å²) >= 11 is 0. The van der Waals surface area contributed by atoms with E-state index >= 15 is 0 Å². The summed E-state index contributed by atoms with van der Waals surface area (Å²) in [5.41, 5.74) is 5.27. The number of carboxylic acid groups (broad SMARTS) is 1. The van der Waals surface area contributed by atoms with Gasteiger partial charge in [0.05, 0.1) is 5.97 Å². The molecule has 110 valence electrons. The number of rotatable bonds is 4. The fourth-order valence-corrected chi connectivity index (χ4v) is 2.28. The minimum absolute atomic E-state index is 0.217. The van der Waals surface area contributed by atoms with E-state index in [0.717, 1.165) is 11.6 Å². The third-order valence-corrected chi connectivity index (χ3v) is 3.67. The number of carbonyl (C=O) groups excluding carboxylic acids is 3. The summed E-state index contributed by atoms with van der Waals surface area (Å²) in [6, 6.07) is 9.68. The molecule has 2 rings (SSSR count). The number of aliphatic carboxylic acids is 1. The SMILES string of the molecule is C[C@@]1(c2ccccc2)C[C@@H]1C(=O)NNC(=O)/C=C/C(=O)[O-]. The van der Waals surface area contributed by atoms with Gasteiger partial charge in [0.2, 0.25) is 5.91 Å². The molecule has 2 N–H and O–H groups in total. The second-order valence-electron chi connectivity index (χ2n) is 5.17. The molecule has 1 aromatic carbocycles. The fraction of sp³-hybridized carbons (Fsp3) is 0.267. The van der Waals surface area contributed by atoms with Crippen molar-refractivity contribution >= 4 is 17.8 Å². The molecular weight excluding hydrogens is 272 g/mol. The molecule has 0 spiro atoms. The molecule has 0 aliphatic heterocycles. The Morgan fingerprint density at radius 1 is 1.19 bits per heavy atom. The van der Waals surface area contributed by atoms with Crippen LogP contribution in [0.5, 0.6) is 0 Å². The van der Waals surface area contributed by atoms with Crippen LogP contribution in [0.4, 0.5) is 0 Å². The van der Waals surface area contributed by atoms with E-state index in [4.69, 9.17) is 0 Å². The Hall–Kier alpha value is -2.63. The lowest BCUT2D eigenvalue weighted by Crippen LogP contribution is -2.42. The Bertz CT molecular complexity index is 597. The van der Waals surface area contributed by atoms with E-state index in [2.05, 4.69) is 10.9 Å². The van der Waals surface area contributed by atoms with E-state index in [1.165, 1.54) is 0 Å². The van der Waals surface area contributed by atoms with Crippen LogP contribution in [0.25, 0.3) is 0 Å². The zero-order valence-electron chi connectivity index (χ0n) is 11.5. The fourth-order valence-electron chi connectivity index (χ4n) is 2.28. The lowest BCUT2D eigenvalue weighted by molar-refractivity contribution is -0.297. The lowest BCUT2D eigenvalue weighted by Gasteiger charge is -2.12. The molecule has 2 atom stereocenters. The molecular formula is C15H15N2O4-. The summed E-state index contributed by atoms with van der Waals surface area (Å²) in [5.74, 6) is -2.72. The van der Waals surface area contributed by atoms with E-state index in [1.54, 1.807) is 0 Å².